The van der Waals surface area contributed by atoms with Crippen LogP contribution in [0.15, 0.2) is 30.3 Å². The minimum Gasteiger partial charge on any atom is -0.481 e. The predicted molar refractivity (Wildman–Crippen MR) is 63.8 cm³/mol. The molecule has 0 aliphatic heterocycles. The van der Waals surface area contributed by atoms with Crippen LogP contribution in [0.3, 0.4) is 0 Å². The van der Waals surface area contributed by atoms with Crippen LogP contribution in [0.4, 0.5) is 0 Å². The molecule has 0 saturated heterocycles. The van der Waals surface area contributed by atoms with Crippen molar-refractivity contribution in [1.82, 2.24) is 0 Å². The Kier molecular flexibility index (Phi) is 3.27. The lowest BCUT2D eigenvalue weighted by Crippen LogP contribution is -2.42. The molecule has 1 aliphatic rings. The molecule has 90 valence electrons. The Morgan fingerprint density at radius 3 is 2.24 bits per heavy atom. The lowest BCUT2D eigenvalue weighted by molar-refractivity contribution is -0.139. The van der Waals surface area contributed by atoms with Gasteiger partial charge in [-0.05, 0) is 18.4 Å². The molecule has 0 aromatic heterocycles. The third kappa shape index (κ3) is 2.23. The molecule has 0 radical (unpaired) electrons. The minimum absolute atomic E-state index is 0.0621. The van der Waals surface area contributed by atoms with Crippen molar-refractivity contribution in [2.75, 3.05) is 0 Å². The summed E-state index contributed by atoms with van der Waals surface area (Å²) in [6.45, 7) is 0. The molecule has 17 heavy (non-hydrogen) atoms. The Balaban J connectivity index is 2.15. The molecule has 1 aromatic carbocycles. The highest BCUT2D eigenvalue weighted by atomic mass is 16.4. The number of benzene rings is 1. The van der Waals surface area contributed by atoms with Crippen LogP contribution in [0.25, 0.3) is 0 Å². The van der Waals surface area contributed by atoms with Crippen LogP contribution >= 0.6 is 0 Å². The van der Waals surface area contributed by atoms with Gasteiger partial charge in [0, 0.05) is 6.42 Å². The summed E-state index contributed by atoms with van der Waals surface area (Å²) in [7, 11) is 0. The van der Waals surface area contributed by atoms with Gasteiger partial charge in [0.2, 0.25) is 0 Å². The Morgan fingerprint density at radius 1 is 1.12 bits per heavy atom. The molecule has 1 aliphatic carbocycles. The van der Waals surface area contributed by atoms with Crippen LogP contribution in [0, 0.1) is 0 Å². The van der Waals surface area contributed by atoms with Crippen LogP contribution in [0.2, 0.25) is 0 Å². The number of carbonyl (C=O) groups excluding carboxylic acids is 1. The van der Waals surface area contributed by atoms with Crippen molar-refractivity contribution in [3.63, 3.8) is 0 Å². The van der Waals surface area contributed by atoms with Gasteiger partial charge in [-0.15, -0.1) is 0 Å². The maximum atomic E-state index is 12.2. The molecule has 3 heteroatoms. The highest BCUT2D eigenvalue weighted by Crippen LogP contribution is 2.45. The highest BCUT2D eigenvalue weighted by Gasteiger charge is 2.44. The molecule has 0 unspecified atom stereocenters. The molecular formula is C14H16O3. The fraction of sp³-hybridized carbons (Fsp3) is 0.429. The molecule has 0 spiro atoms. The molecule has 1 N–H and O–H groups in total. The zero-order valence-corrected chi connectivity index (χ0v) is 9.69. The number of hydrogen-bond acceptors (Lipinski definition) is 2. The SMILES string of the molecule is O=C(O)CCC(=O)C1(c2ccccc2)CCC1. The number of ketones is 1. The van der Waals surface area contributed by atoms with Crippen LogP contribution < -0.4 is 0 Å². The van der Waals surface area contributed by atoms with Gasteiger partial charge in [0.15, 0.2) is 0 Å². The van der Waals surface area contributed by atoms with Gasteiger partial charge in [0.05, 0.1) is 11.8 Å². The number of carboxylic acids is 1. The maximum absolute atomic E-state index is 12.2. The molecule has 0 bridgehead atoms. The number of carboxylic acid groups (broad SMARTS) is 1. The summed E-state index contributed by atoms with van der Waals surface area (Å²) in [6.07, 6.45) is 2.84. The van der Waals surface area contributed by atoms with Crippen LogP contribution in [0.5, 0.6) is 0 Å². The highest BCUT2D eigenvalue weighted by molar-refractivity contribution is 5.92. The number of rotatable bonds is 5. The second-order valence-electron chi connectivity index (χ2n) is 4.62. The summed E-state index contributed by atoms with van der Waals surface area (Å²) in [5.74, 6) is -0.821. The van der Waals surface area contributed by atoms with Gasteiger partial charge in [0.1, 0.15) is 5.78 Å². The monoisotopic (exact) mass is 232 g/mol. The normalized spacial score (nSPS) is 17.2. The average Bonchev–Trinajstić information content (AvgIpc) is 2.26. The third-order valence-electron chi connectivity index (χ3n) is 3.63. The second kappa shape index (κ2) is 4.70. The number of carbonyl (C=O) groups is 2. The molecule has 1 fully saturated rings. The molecule has 0 heterocycles. The number of aliphatic carboxylic acids is 1. The van der Waals surface area contributed by atoms with Gasteiger partial charge in [-0.2, -0.15) is 0 Å². The molecule has 0 amide bonds. The van der Waals surface area contributed by atoms with E-state index in [1.165, 1.54) is 0 Å². The molecular weight excluding hydrogens is 216 g/mol. The fourth-order valence-corrected chi connectivity index (χ4v) is 2.48. The molecule has 2 rings (SSSR count). The summed E-state index contributed by atoms with van der Waals surface area (Å²) in [5.41, 5.74) is 0.651. The van der Waals surface area contributed by atoms with E-state index >= 15 is 0 Å². The zero-order chi connectivity index (χ0) is 12.3. The van der Waals surface area contributed by atoms with Gasteiger partial charge in [-0.25, -0.2) is 0 Å². The minimum atomic E-state index is -0.902. The van der Waals surface area contributed by atoms with Gasteiger partial charge in [0.25, 0.3) is 0 Å². The Morgan fingerprint density at radius 2 is 1.76 bits per heavy atom. The number of hydrogen-bond donors (Lipinski definition) is 1. The average molecular weight is 232 g/mol. The van der Waals surface area contributed by atoms with Crippen molar-refractivity contribution in [3.8, 4) is 0 Å². The standard InChI is InChI=1S/C14H16O3/c15-12(7-8-13(16)17)14(9-4-10-14)11-5-2-1-3-6-11/h1-3,5-6H,4,7-10H2,(H,16,17). The maximum Gasteiger partial charge on any atom is 0.303 e. The largest absolute Gasteiger partial charge is 0.481 e. The van der Waals surface area contributed by atoms with E-state index in [0.717, 1.165) is 24.8 Å². The molecule has 0 atom stereocenters. The van der Waals surface area contributed by atoms with E-state index in [2.05, 4.69) is 0 Å². The molecule has 1 saturated carbocycles. The first kappa shape index (κ1) is 11.8. The molecule has 3 nitrogen and oxygen atoms in total. The quantitative estimate of drug-likeness (QED) is 0.848. The van der Waals surface area contributed by atoms with Crippen LogP contribution in [-0.2, 0) is 15.0 Å². The second-order valence-corrected chi connectivity index (χ2v) is 4.62. The predicted octanol–water partition coefficient (Wildman–Crippen LogP) is 2.54. The summed E-state index contributed by atoms with van der Waals surface area (Å²) in [4.78, 5) is 22.7. The summed E-state index contributed by atoms with van der Waals surface area (Å²) in [6, 6.07) is 9.73. The Hall–Kier alpha value is -1.64. The fourth-order valence-electron chi connectivity index (χ4n) is 2.48. The lowest BCUT2D eigenvalue weighted by Gasteiger charge is -2.41. The summed E-state index contributed by atoms with van der Waals surface area (Å²) >= 11 is 0. The van der Waals surface area contributed by atoms with Crippen LogP contribution in [0.1, 0.15) is 37.7 Å². The van der Waals surface area contributed by atoms with Gasteiger partial charge >= 0.3 is 5.97 Å². The topological polar surface area (TPSA) is 54.4 Å². The Labute approximate surface area is 100 Å². The molecule has 1 aromatic rings. The van der Waals surface area contributed by atoms with Crippen molar-refractivity contribution in [2.24, 2.45) is 0 Å². The Bertz CT molecular complexity index is 418. The van der Waals surface area contributed by atoms with Crippen molar-refractivity contribution in [1.29, 1.82) is 0 Å². The van der Waals surface area contributed by atoms with E-state index in [1.807, 2.05) is 30.3 Å². The first-order valence-electron chi connectivity index (χ1n) is 5.96. The van der Waals surface area contributed by atoms with Crippen LogP contribution in [-0.4, -0.2) is 16.9 Å². The summed E-state index contributed by atoms with van der Waals surface area (Å²) in [5, 5.41) is 8.64. The van der Waals surface area contributed by atoms with Crippen molar-refractivity contribution < 1.29 is 14.7 Å². The van der Waals surface area contributed by atoms with E-state index < -0.39 is 11.4 Å². The lowest BCUT2D eigenvalue weighted by atomic mass is 9.61. The number of Topliss-reactive ketones (excluding diaryl/α,β-unsaturated/α-hetero) is 1. The van der Waals surface area contributed by atoms with E-state index in [9.17, 15) is 9.59 Å². The van der Waals surface area contributed by atoms with E-state index in [-0.39, 0.29) is 18.6 Å². The van der Waals surface area contributed by atoms with Crippen molar-refractivity contribution >= 4 is 11.8 Å². The van der Waals surface area contributed by atoms with E-state index in [0.29, 0.717) is 0 Å². The first-order chi connectivity index (χ1) is 8.15. The smallest absolute Gasteiger partial charge is 0.303 e. The van der Waals surface area contributed by atoms with Gasteiger partial charge in [-0.3, -0.25) is 9.59 Å². The summed E-state index contributed by atoms with van der Waals surface area (Å²) < 4.78 is 0. The van der Waals surface area contributed by atoms with Crippen molar-refractivity contribution in [2.45, 2.75) is 37.5 Å². The first-order valence-corrected chi connectivity index (χ1v) is 5.96. The van der Waals surface area contributed by atoms with Gasteiger partial charge < -0.3 is 5.11 Å². The third-order valence-corrected chi connectivity index (χ3v) is 3.63. The van der Waals surface area contributed by atoms with E-state index in [1.54, 1.807) is 0 Å². The van der Waals surface area contributed by atoms with Gasteiger partial charge in [-0.1, -0.05) is 36.8 Å². The van der Waals surface area contributed by atoms with Crippen molar-refractivity contribution in [3.05, 3.63) is 35.9 Å². The van der Waals surface area contributed by atoms with E-state index in [4.69, 9.17) is 5.11 Å². The zero-order valence-electron chi connectivity index (χ0n) is 9.69.